The number of nitrogens with one attached hydrogen (secondary N) is 1. The number of rotatable bonds is 6. The molecule has 0 radical (unpaired) electrons. The molecule has 0 aliphatic heterocycles. The van der Waals surface area contributed by atoms with Gasteiger partial charge in [-0.25, -0.2) is 17.9 Å². The molecule has 0 saturated carbocycles. The van der Waals surface area contributed by atoms with Gasteiger partial charge in [-0.15, -0.1) is 0 Å². The van der Waals surface area contributed by atoms with Gasteiger partial charge in [-0.3, -0.25) is 0 Å². The highest BCUT2D eigenvalue weighted by atomic mass is 35.5. The first-order valence-electron chi connectivity index (χ1n) is 6.03. The molecule has 1 heterocycles. The Morgan fingerprint density at radius 2 is 1.95 bits per heavy atom. The van der Waals surface area contributed by atoms with E-state index in [2.05, 4.69) is 4.72 Å². The summed E-state index contributed by atoms with van der Waals surface area (Å²) in [7, 11) is -3.86. The standard InChI is InChI=1S/C13H13ClN2O4S/c14-11-4-3-10(13(17)18)9-12(11)21(19,20)15-5-8-16-6-1-2-7-16/h1-4,6-7,9,15H,5,8H2,(H,17,18). The molecule has 0 aliphatic carbocycles. The summed E-state index contributed by atoms with van der Waals surface area (Å²) in [5.41, 5.74) is -0.134. The average Bonchev–Trinajstić information content (AvgIpc) is 2.91. The van der Waals surface area contributed by atoms with Crippen LogP contribution < -0.4 is 4.72 Å². The quantitative estimate of drug-likeness (QED) is 0.846. The first-order valence-corrected chi connectivity index (χ1v) is 7.89. The van der Waals surface area contributed by atoms with E-state index in [4.69, 9.17) is 16.7 Å². The van der Waals surface area contributed by atoms with Crippen molar-refractivity contribution in [2.45, 2.75) is 11.4 Å². The van der Waals surface area contributed by atoms with Gasteiger partial charge in [0.2, 0.25) is 10.0 Å². The lowest BCUT2D eigenvalue weighted by atomic mass is 10.2. The number of carboxylic acid groups (broad SMARTS) is 1. The maximum Gasteiger partial charge on any atom is 0.335 e. The fourth-order valence-corrected chi connectivity index (χ4v) is 3.29. The van der Waals surface area contributed by atoms with Gasteiger partial charge in [-0.1, -0.05) is 11.6 Å². The molecular formula is C13H13ClN2O4S. The van der Waals surface area contributed by atoms with E-state index in [1.54, 1.807) is 0 Å². The van der Waals surface area contributed by atoms with Gasteiger partial charge in [0.25, 0.3) is 0 Å². The summed E-state index contributed by atoms with van der Waals surface area (Å²) < 4.78 is 28.5. The van der Waals surface area contributed by atoms with Gasteiger partial charge in [0.05, 0.1) is 10.6 Å². The zero-order valence-electron chi connectivity index (χ0n) is 10.9. The molecule has 2 aromatic rings. The molecule has 0 unspecified atom stereocenters. The fraction of sp³-hybridized carbons (Fsp3) is 0.154. The van der Waals surface area contributed by atoms with Gasteiger partial charge in [0.1, 0.15) is 4.90 Å². The summed E-state index contributed by atoms with van der Waals surface area (Å²) in [4.78, 5) is 10.7. The highest BCUT2D eigenvalue weighted by molar-refractivity contribution is 7.89. The van der Waals surface area contributed by atoms with Crippen molar-refractivity contribution in [1.82, 2.24) is 9.29 Å². The number of hydrogen-bond donors (Lipinski definition) is 2. The summed E-state index contributed by atoms with van der Waals surface area (Å²) in [5, 5.41) is 8.89. The Morgan fingerprint density at radius 3 is 2.57 bits per heavy atom. The van der Waals surface area contributed by atoms with E-state index in [0.29, 0.717) is 6.54 Å². The van der Waals surface area contributed by atoms with Crippen molar-refractivity contribution in [3.63, 3.8) is 0 Å². The Kier molecular flexibility index (Phi) is 4.66. The third-order valence-electron chi connectivity index (χ3n) is 2.80. The van der Waals surface area contributed by atoms with Crippen LogP contribution in [0.25, 0.3) is 0 Å². The molecule has 0 bridgehead atoms. The third kappa shape index (κ3) is 3.84. The Balaban J connectivity index is 2.15. The number of carbonyl (C=O) groups is 1. The van der Waals surface area contributed by atoms with Crippen molar-refractivity contribution in [2.75, 3.05) is 6.54 Å². The molecule has 1 aromatic heterocycles. The summed E-state index contributed by atoms with van der Waals surface area (Å²) in [5.74, 6) is -1.21. The van der Waals surface area contributed by atoms with Gasteiger partial charge < -0.3 is 9.67 Å². The average molecular weight is 329 g/mol. The van der Waals surface area contributed by atoms with Crippen molar-refractivity contribution in [1.29, 1.82) is 0 Å². The van der Waals surface area contributed by atoms with E-state index in [1.165, 1.54) is 12.1 Å². The van der Waals surface area contributed by atoms with Crippen molar-refractivity contribution >= 4 is 27.6 Å². The molecule has 8 heteroatoms. The van der Waals surface area contributed by atoms with Gasteiger partial charge >= 0.3 is 5.97 Å². The first kappa shape index (κ1) is 15.6. The molecule has 2 N–H and O–H groups in total. The molecule has 0 atom stereocenters. The highest BCUT2D eigenvalue weighted by Gasteiger charge is 2.19. The second-order valence-electron chi connectivity index (χ2n) is 4.27. The topological polar surface area (TPSA) is 88.4 Å². The Morgan fingerprint density at radius 1 is 1.29 bits per heavy atom. The van der Waals surface area contributed by atoms with Crippen LogP contribution in [-0.4, -0.2) is 30.6 Å². The van der Waals surface area contributed by atoms with Crippen LogP contribution in [0.5, 0.6) is 0 Å². The molecule has 0 fully saturated rings. The number of hydrogen-bond acceptors (Lipinski definition) is 3. The largest absolute Gasteiger partial charge is 0.478 e. The highest BCUT2D eigenvalue weighted by Crippen LogP contribution is 2.22. The molecule has 0 amide bonds. The van der Waals surface area contributed by atoms with Crippen LogP contribution >= 0.6 is 11.6 Å². The number of halogens is 1. The van der Waals surface area contributed by atoms with Crippen LogP contribution in [0.4, 0.5) is 0 Å². The number of aromatic carboxylic acids is 1. The maximum atomic E-state index is 12.2. The van der Waals surface area contributed by atoms with Crippen LogP contribution in [0.3, 0.4) is 0 Å². The monoisotopic (exact) mass is 328 g/mol. The van der Waals surface area contributed by atoms with Crippen molar-refractivity contribution in [3.05, 3.63) is 53.3 Å². The Hall–Kier alpha value is -1.83. The summed E-state index contributed by atoms with van der Waals surface area (Å²) in [6, 6.07) is 7.22. The smallest absolute Gasteiger partial charge is 0.335 e. The molecular weight excluding hydrogens is 316 g/mol. The minimum absolute atomic E-state index is 0.0199. The molecule has 2 rings (SSSR count). The lowest BCUT2D eigenvalue weighted by Gasteiger charge is -2.09. The van der Waals surface area contributed by atoms with E-state index < -0.39 is 16.0 Å². The van der Waals surface area contributed by atoms with Gasteiger partial charge in [0.15, 0.2) is 0 Å². The molecule has 1 aromatic carbocycles. The van der Waals surface area contributed by atoms with Crippen LogP contribution in [0.15, 0.2) is 47.6 Å². The predicted molar refractivity (Wildman–Crippen MR) is 78.0 cm³/mol. The lowest BCUT2D eigenvalue weighted by molar-refractivity contribution is 0.0696. The molecule has 0 saturated heterocycles. The zero-order chi connectivity index (χ0) is 15.5. The SMILES string of the molecule is O=C(O)c1ccc(Cl)c(S(=O)(=O)NCCn2cccc2)c1. The number of benzene rings is 1. The van der Waals surface area contributed by atoms with Gasteiger partial charge in [-0.05, 0) is 30.3 Å². The summed E-state index contributed by atoms with van der Waals surface area (Å²) in [6.07, 6.45) is 3.62. The van der Waals surface area contributed by atoms with Crippen LogP contribution in [0.2, 0.25) is 5.02 Å². The van der Waals surface area contributed by atoms with Gasteiger partial charge in [-0.2, -0.15) is 0 Å². The lowest BCUT2D eigenvalue weighted by Crippen LogP contribution is -2.27. The number of nitrogens with zero attached hydrogens (tertiary/aromatic N) is 1. The van der Waals surface area contributed by atoms with E-state index >= 15 is 0 Å². The maximum absolute atomic E-state index is 12.2. The second-order valence-corrected chi connectivity index (χ2v) is 6.41. The molecule has 6 nitrogen and oxygen atoms in total. The minimum atomic E-state index is -3.86. The zero-order valence-corrected chi connectivity index (χ0v) is 12.4. The summed E-state index contributed by atoms with van der Waals surface area (Å²) in [6.45, 7) is 0.632. The van der Waals surface area contributed by atoms with Gasteiger partial charge in [0, 0.05) is 25.5 Å². The Labute approximate surface area is 127 Å². The number of aromatic nitrogens is 1. The van der Waals surface area contributed by atoms with Crippen molar-refractivity contribution < 1.29 is 18.3 Å². The fourth-order valence-electron chi connectivity index (χ4n) is 1.75. The van der Waals surface area contributed by atoms with Crippen LogP contribution in [0, 0.1) is 0 Å². The van der Waals surface area contributed by atoms with E-state index in [0.717, 1.165) is 6.07 Å². The predicted octanol–water partition coefficient (Wildman–Crippen LogP) is 1.82. The molecule has 0 aliphatic rings. The van der Waals surface area contributed by atoms with Crippen LogP contribution in [-0.2, 0) is 16.6 Å². The van der Waals surface area contributed by atoms with E-state index in [9.17, 15) is 13.2 Å². The Bertz CT molecular complexity index is 742. The van der Waals surface area contributed by atoms with Crippen molar-refractivity contribution in [2.24, 2.45) is 0 Å². The molecule has 21 heavy (non-hydrogen) atoms. The van der Waals surface area contributed by atoms with E-state index in [-0.39, 0.29) is 22.0 Å². The van der Waals surface area contributed by atoms with Crippen molar-refractivity contribution in [3.8, 4) is 0 Å². The minimum Gasteiger partial charge on any atom is -0.478 e. The second kappa shape index (κ2) is 6.30. The third-order valence-corrected chi connectivity index (χ3v) is 4.74. The van der Waals surface area contributed by atoms with E-state index in [1.807, 2.05) is 29.1 Å². The number of sulfonamides is 1. The molecule has 112 valence electrons. The summed E-state index contributed by atoms with van der Waals surface area (Å²) >= 11 is 5.85. The molecule has 0 spiro atoms. The normalized spacial score (nSPS) is 11.5. The van der Waals surface area contributed by atoms with Crippen LogP contribution in [0.1, 0.15) is 10.4 Å². The first-order chi connectivity index (χ1) is 9.90. The number of carboxylic acids is 1.